The molecule has 0 unspecified atom stereocenters. The normalized spacial score (nSPS) is 13.7. The number of carboxylic acid groups (broad SMARTS) is 1. The highest BCUT2D eigenvalue weighted by molar-refractivity contribution is 7.13. The number of carbonyl (C=O) groups is 2. The van der Waals surface area contributed by atoms with Crippen LogP contribution in [0.4, 0.5) is 0 Å². The Morgan fingerprint density at radius 2 is 1.89 bits per heavy atom. The summed E-state index contributed by atoms with van der Waals surface area (Å²) in [5, 5.41) is 12.6. The van der Waals surface area contributed by atoms with E-state index in [1.807, 2.05) is 43.5 Å². The number of carboxylic acids is 1. The van der Waals surface area contributed by atoms with Crippen LogP contribution in [-0.4, -0.2) is 33.6 Å². The quantitative estimate of drug-likeness (QED) is 0.388. The molecular formula is C27H35N3O4S. The molecule has 0 saturated heterocycles. The first-order valence-electron chi connectivity index (χ1n) is 12.2. The fourth-order valence-electron chi connectivity index (χ4n) is 4.44. The molecule has 35 heavy (non-hydrogen) atoms. The first kappa shape index (κ1) is 26.5. The van der Waals surface area contributed by atoms with Crippen molar-refractivity contribution in [3.8, 4) is 27.7 Å². The van der Waals surface area contributed by atoms with E-state index in [1.54, 1.807) is 24.5 Å². The van der Waals surface area contributed by atoms with Gasteiger partial charge in [0.25, 0.3) is 0 Å². The molecule has 3 aromatic rings. The average Bonchev–Trinajstić information content (AvgIpc) is 3.46. The van der Waals surface area contributed by atoms with Crippen molar-refractivity contribution in [2.75, 3.05) is 7.11 Å². The van der Waals surface area contributed by atoms with Gasteiger partial charge in [-0.1, -0.05) is 26.2 Å². The van der Waals surface area contributed by atoms with Gasteiger partial charge in [0, 0.05) is 29.6 Å². The van der Waals surface area contributed by atoms with Crippen molar-refractivity contribution in [2.45, 2.75) is 65.3 Å². The van der Waals surface area contributed by atoms with Gasteiger partial charge in [-0.2, -0.15) is 0 Å². The second kappa shape index (κ2) is 12.5. The molecule has 7 nitrogen and oxygen atoms in total. The molecule has 2 heterocycles. The van der Waals surface area contributed by atoms with Crippen molar-refractivity contribution in [2.24, 2.45) is 11.7 Å². The van der Waals surface area contributed by atoms with Gasteiger partial charge in [0.05, 0.1) is 24.1 Å². The highest BCUT2D eigenvalue weighted by atomic mass is 32.1. The Hall–Kier alpha value is -3.13. The monoisotopic (exact) mass is 497 g/mol. The van der Waals surface area contributed by atoms with E-state index in [9.17, 15) is 14.7 Å². The number of aromatic carboxylic acids is 1. The van der Waals surface area contributed by atoms with Gasteiger partial charge in [0.1, 0.15) is 10.8 Å². The topological polar surface area (TPSA) is 107 Å². The van der Waals surface area contributed by atoms with Crippen molar-refractivity contribution in [3.05, 3.63) is 47.0 Å². The summed E-state index contributed by atoms with van der Waals surface area (Å²) in [7, 11) is 1.65. The number of carbonyl (C=O) groups excluding carboxylic acids is 1. The molecule has 8 heteroatoms. The van der Waals surface area contributed by atoms with Crippen molar-refractivity contribution < 1.29 is 19.4 Å². The molecule has 1 aliphatic carbocycles. The highest BCUT2D eigenvalue weighted by Crippen LogP contribution is 2.34. The van der Waals surface area contributed by atoms with Crippen LogP contribution in [0.25, 0.3) is 22.0 Å². The third-order valence-corrected chi connectivity index (χ3v) is 7.25. The molecule has 0 radical (unpaired) electrons. The van der Waals surface area contributed by atoms with Crippen molar-refractivity contribution >= 4 is 23.2 Å². The van der Waals surface area contributed by atoms with Gasteiger partial charge in [-0.3, -0.25) is 4.79 Å². The van der Waals surface area contributed by atoms with Crippen molar-refractivity contribution in [1.82, 2.24) is 9.55 Å². The standard InChI is InChI=1S/C23H26N2O3S.C4H9NO/c1-15-19(23(26)27)12-21(25(15)13-16-6-4-3-5-7-16)20-14-29-22(24-20)17-8-10-18(28-2)11-9-17;1-2-3-4(5)6/h8-12,14,16H,3-7,13H2,1-2H3,(H,26,27);2-3H2,1H3,(H2,5,6). The lowest BCUT2D eigenvalue weighted by Crippen LogP contribution is -2.16. The average molecular weight is 498 g/mol. The molecule has 3 N–H and O–H groups in total. The maximum absolute atomic E-state index is 11.8. The summed E-state index contributed by atoms with van der Waals surface area (Å²) in [6.07, 6.45) is 7.65. The Bertz CT molecular complexity index is 1130. The molecule has 188 valence electrons. The van der Waals surface area contributed by atoms with Crippen LogP contribution in [0.1, 0.15) is 67.9 Å². The lowest BCUT2D eigenvalue weighted by Gasteiger charge is -2.24. The fourth-order valence-corrected chi connectivity index (χ4v) is 5.26. The number of thiazole rings is 1. The van der Waals surface area contributed by atoms with E-state index in [0.29, 0.717) is 17.9 Å². The highest BCUT2D eigenvalue weighted by Gasteiger charge is 2.23. The minimum atomic E-state index is -0.878. The molecule has 0 spiro atoms. The second-order valence-corrected chi connectivity index (χ2v) is 9.79. The number of hydrogen-bond acceptors (Lipinski definition) is 5. The predicted molar refractivity (Wildman–Crippen MR) is 140 cm³/mol. The number of amides is 1. The molecule has 4 rings (SSSR count). The smallest absolute Gasteiger partial charge is 0.337 e. The van der Waals surface area contributed by atoms with Crippen LogP contribution >= 0.6 is 11.3 Å². The summed E-state index contributed by atoms with van der Waals surface area (Å²) >= 11 is 1.58. The molecular weight excluding hydrogens is 462 g/mol. The molecule has 0 atom stereocenters. The summed E-state index contributed by atoms with van der Waals surface area (Å²) in [5.41, 5.74) is 8.73. The number of nitrogens with two attached hydrogens (primary N) is 1. The van der Waals surface area contributed by atoms with Gasteiger partial charge in [0.15, 0.2) is 0 Å². The third-order valence-electron chi connectivity index (χ3n) is 6.36. The van der Waals surface area contributed by atoms with E-state index < -0.39 is 5.97 Å². The van der Waals surface area contributed by atoms with Crippen LogP contribution < -0.4 is 10.5 Å². The molecule has 1 amide bonds. The minimum absolute atomic E-state index is 0.211. The fraction of sp³-hybridized carbons (Fsp3) is 0.444. The zero-order valence-electron chi connectivity index (χ0n) is 20.8. The Balaban J connectivity index is 0.000000509. The van der Waals surface area contributed by atoms with Crippen LogP contribution in [0.5, 0.6) is 5.75 Å². The van der Waals surface area contributed by atoms with E-state index >= 15 is 0 Å². The Morgan fingerprint density at radius 3 is 2.43 bits per heavy atom. The maximum Gasteiger partial charge on any atom is 0.337 e. The minimum Gasteiger partial charge on any atom is -0.497 e. The van der Waals surface area contributed by atoms with Crippen molar-refractivity contribution in [1.29, 1.82) is 0 Å². The SMILES string of the molecule is CCCC(N)=O.COc1ccc(-c2nc(-c3cc(C(=O)O)c(C)n3CC3CCCCC3)cs2)cc1. The molecule has 2 aromatic heterocycles. The van der Waals surface area contributed by atoms with E-state index in [-0.39, 0.29) is 5.91 Å². The maximum atomic E-state index is 11.8. The first-order valence-corrected chi connectivity index (χ1v) is 13.0. The molecule has 1 fully saturated rings. The van der Waals surface area contributed by atoms with E-state index in [0.717, 1.165) is 46.4 Å². The van der Waals surface area contributed by atoms with Crippen LogP contribution in [0.2, 0.25) is 0 Å². The number of nitrogens with zero attached hydrogens (tertiary/aromatic N) is 2. The third kappa shape index (κ3) is 6.94. The number of rotatable bonds is 8. The Kier molecular flexibility index (Phi) is 9.48. The summed E-state index contributed by atoms with van der Waals surface area (Å²) in [4.78, 5) is 26.4. The number of ether oxygens (including phenoxy) is 1. The number of primary amides is 1. The molecule has 1 aliphatic rings. The van der Waals surface area contributed by atoms with Crippen LogP contribution in [0, 0.1) is 12.8 Å². The largest absolute Gasteiger partial charge is 0.497 e. The van der Waals surface area contributed by atoms with Gasteiger partial charge >= 0.3 is 5.97 Å². The first-order chi connectivity index (χ1) is 16.8. The zero-order chi connectivity index (χ0) is 25.4. The van der Waals surface area contributed by atoms with E-state index in [4.69, 9.17) is 15.5 Å². The lowest BCUT2D eigenvalue weighted by molar-refractivity contribution is -0.118. The van der Waals surface area contributed by atoms with Gasteiger partial charge < -0.3 is 20.1 Å². The number of methoxy groups -OCH3 is 1. The van der Waals surface area contributed by atoms with E-state index in [1.165, 1.54) is 32.1 Å². The Morgan fingerprint density at radius 1 is 1.20 bits per heavy atom. The zero-order valence-corrected chi connectivity index (χ0v) is 21.6. The van der Waals surface area contributed by atoms with Crippen LogP contribution in [0.3, 0.4) is 0 Å². The molecule has 0 bridgehead atoms. The van der Waals surface area contributed by atoms with Crippen LogP contribution in [-0.2, 0) is 11.3 Å². The van der Waals surface area contributed by atoms with Gasteiger partial charge in [0.2, 0.25) is 5.91 Å². The number of aromatic nitrogens is 2. The summed E-state index contributed by atoms with van der Waals surface area (Å²) in [6.45, 7) is 4.70. The van der Waals surface area contributed by atoms with Gasteiger partial charge in [-0.05, 0) is 62.4 Å². The van der Waals surface area contributed by atoms with Crippen molar-refractivity contribution in [3.63, 3.8) is 0 Å². The van der Waals surface area contributed by atoms with Crippen LogP contribution in [0.15, 0.2) is 35.7 Å². The summed E-state index contributed by atoms with van der Waals surface area (Å²) < 4.78 is 7.40. The molecule has 0 aliphatic heterocycles. The summed E-state index contributed by atoms with van der Waals surface area (Å²) in [6, 6.07) is 9.63. The molecule has 1 aromatic carbocycles. The van der Waals surface area contributed by atoms with Gasteiger partial charge in [-0.25, -0.2) is 9.78 Å². The van der Waals surface area contributed by atoms with Gasteiger partial charge in [-0.15, -0.1) is 11.3 Å². The molecule has 1 saturated carbocycles. The van der Waals surface area contributed by atoms with E-state index in [2.05, 4.69) is 4.57 Å². The lowest BCUT2D eigenvalue weighted by atomic mass is 9.89. The number of benzene rings is 1. The predicted octanol–water partition coefficient (Wildman–Crippen LogP) is 6.15. The number of hydrogen-bond donors (Lipinski definition) is 2. The summed E-state index contributed by atoms with van der Waals surface area (Å²) in [5.74, 6) is 0.331. The second-order valence-electron chi connectivity index (χ2n) is 8.93. The Labute approximate surface area is 211 Å².